The molecule has 0 saturated heterocycles. The summed E-state index contributed by atoms with van der Waals surface area (Å²) in [7, 11) is 1.58. The van der Waals surface area contributed by atoms with Gasteiger partial charge in [0.05, 0.1) is 11.2 Å². The fourth-order valence-electron chi connectivity index (χ4n) is 1.91. The molecule has 0 saturated carbocycles. The number of amidine groups is 1. The van der Waals surface area contributed by atoms with Crippen molar-refractivity contribution < 1.29 is 18.3 Å². The second-order valence-corrected chi connectivity index (χ2v) is 5.31. The van der Waals surface area contributed by atoms with E-state index in [1.807, 2.05) is 0 Å². The van der Waals surface area contributed by atoms with Crippen LogP contribution in [0.25, 0.3) is 0 Å². The number of nitrogens with one attached hydrogen (secondary N) is 1. The van der Waals surface area contributed by atoms with Crippen LogP contribution < -0.4 is 10.6 Å². The summed E-state index contributed by atoms with van der Waals surface area (Å²) in [5.74, 6) is -0.631. The Kier molecular flexibility index (Phi) is 4.33. The zero-order valence-corrected chi connectivity index (χ0v) is 11.5. The number of aliphatic hydroxyl groups is 1. The van der Waals surface area contributed by atoms with Crippen LogP contribution in [0.3, 0.4) is 0 Å². The van der Waals surface area contributed by atoms with Gasteiger partial charge in [0, 0.05) is 24.8 Å². The van der Waals surface area contributed by atoms with E-state index in [1.54, 1.807) is 20.9 Å². The lowest BCUT2D eigenvalue weighted by Crippen LogP contribution is -2.36. The van der Waals surface area contributed by atoms with Crippen LogP contribution in [-0.4, -0.2) is 30.1 Å². The van der Waals surface area contributed by atoms with Gasteiger partial charge in [-0.25, -0.2) is 0 Å². The topological polar surface area (TPSA) is 73.3 Å². The van der Waals surface area contributed by atoms with Crippen LogP contribution in [-0.2, 0) is 6.18 Å². The molecule has 0 radical (unpaired) electrons. The number of hydrogen-bond acceptors (Lipinski definition) is 3. The lowest BCUT2D eigenvalue weighted by Gasteiger charge is -2.28. The van der Waals surface area contributed by atoms with Crippen molar-refractivity contribution in [2.24, 2.45) is 5.73 Å². The number of nitrogens with zero attached hydrogens (tertiary/aromatic N) is 1. The molecule has 0 aromatic heterocycles. The van der Waals surface area contributed by atoms with Crippen molar-refractivity contribution in [1.29, 1.82) is 5.41 Å². The molecular formula is C13H18F3N3O. The van der Waals surface area contributed by atoms with Gasteiger partial charge < -0.3 is 15.7 Å². The minimum absolute atomic E-state index is 0.170. The van der Waals surface area contributed by atoms with E-state index < -0.39 is 23.2 Å². The van der Waals surface area contributed by atoms with Gasteiger partial charge in [-0.1, -0.05) is 0 Å². The first kappa shape index (κ1) is 16.3. The number of alkyl halides is 3. The van der Waals surface area contributed by atoms with E-state index in [4.69, 9.17) is 11.1 Å². The molecule has 20 heavy (non-hydrogen) atoms. The monoisotopic (exact) mass is 289 g/mol. The molecule has 4 N–H and O–H groups in total. The molecule has 0 unspecified atom stereocenters. The molecule has 0 aliphatic rings. The van der Waals surface area contributed by atoms with Gasteiger partial charge in [-0.15, -0.1) is 0 Å². The van der Waals surface area contributed by atoms with Gasteiger partial charge in [0.1, 0.15) is 5.84 Å². The van der Waals surface area contributed by atoms with Crippen molar-refractivity contribution in [2.45, 2.75) is 25.6 Å². The second-order valence-electron chi connectivity index (χ2n) is 5.31. The van der Waals surface area contributed by atoms with Gasteiger partial charge in [0.25, 0.3) is 0 Å². The Morgan fingerprint density at radius 1 is 1.35 bits per heavy atom. The molecule has 0 atom stereocenters. The van der Waals surface area contributed by atoms with Gasteiger partial charge in [-0.3, -0.25) is 5.41 Å². The van der Waals surface area contributed by atoms with E-state index in [-0.39, 0.29) is 12.1 Å². The van der Waals surface area contributed by atoms with Crippen LogP contribution in [0.2, 0.25) is 0 Å². The highest BCUT2D eigenvalue weighted by Gasteiger charge is 2.34. The van der Waals surface area contributed by atoms with Crippen molar-refractivity contribution in [3.63, 3.8) is 0 Å². The third-order valence-corrected chi connectivity index (χ3v) is 2.66. The first-order valence-electron chi connectivity index (χ1n) is 5.91. The van der Waals surface area contributed by atoms with Crippen LogP contribution >= 0.6 is 0 Å². The zero-order chi connectivity index (χ0) is 15.7. The summed E-state index contributed by atoms with van der Waals surface area (Å²) in [6, 6.07) is 3.54. The summed E-state index contributed by atoms with van der Waals surface area (Å²) in [5.41, 5.74) is 3.13. The third-order valence-electron chi connectivity index (χ3n) is 2.66. The lowest BCUT2D eigenvalue weighted by molar-refractivity contribution is -0.137. The molecule has 1 aromatic rings. The maximum absolute atomic E-state index is 13.0. The van der Waals surface area contributed by atoms with E-state index >= 15 is 0 Å². The average molecular weight is 289 g/mol. The highest BCUT2D eigenvalue weighted by Crippen LogP contribution is 2.34. The number of halogens is 3. The van der Waals surface area contributed by atoms with Crippen molar-refractivity contribution in [2.75, 3.05) is 18.5 Å². The van der Waals surface area contributed by atoms with Crippen LogP contribution in [0.1, 0.15) is 25.0 Å². The summed E-state index contributed by atoms with van der Waals surface area (Å²) in [4.78, 5) is 1.51. The summed E-state index contributed by atoms with van der Waals surface area (Å²) in [6.07, 6.45) is -4.59. The Balaban J connectivity index is 3.23. The highest BCUT2D eigenvalue weighted by atomic mass is 19.4. The van der Waals surface area contributed by atoms with Gasteiger partial charge in [0.2, 0.25) is 0 Å². The number of hydrogen-bond donors (Lipinski definition) is 3. The van der Waals surface area contributed by atoms with Gasteiger partial charge >= 0.3 is 6.18 Å². The molecule has 4 nitrogen and oxygen atoms in total. The molecule has 1 aromatic carbocycles. The SMILES string of the molecule is CN(CC(C)(C)O)c1ccc(C(=N)N)c(C(F)(F)F)c1. The Labute approximate surface area is 115 Å². The minimum Gasteiger partial charge on any atom is -0.389 e. The number of nitrogen functional groups attached to an aromatic ring is 1. The van der Waals surface area contributed by atoms with Crippen LogP contribution in [0.15, 0.2) is 18.2 Å². The Bertz CT molecular complexity index is 507. The number of likely N-dealkylation sites (N-methyl/N-ethyl adjacent to an activating group) is 1. The molecular weight excluding hydrogens is 271 g/mol. The smallest absolute Gasteiger partial charge is 0.389 e. The van der Waals surface area contributed by atoms with Crippen molar-refractivity contribution >= 4 is 11.5 Å². The predicted molar refractivity (Wildman–Crippen MR) is 72.0 cm³/mol. The van der Waals surface area contributed by atoms with E-state index in [9.17, 15) is 18.3 Å². The van der Waals surface area contributed by atoms with Crippen LogP contribution in [0.4, 0.5) is 18.9 Å². The van der Waals surface area contributed by atoms with Crippen LogP contribution in [0.5, 0.6) is 0 Å². The highest BCUT2D eigenvalue weighted by molar-refractivity contribution is 5.97. The molecule has 1 rings (SSSR count). The molecule has 7 heteroatoms. The molecule has 0 aliphatic carbocycles. The molecule has 0 fully saturated rings. The number of benzene rings is 1. The zero-order valence-electron chi connectivity index (χ0n) is 11.5. The largest absolute Gasteiger partial charge is 0.417 e. The standard InChI is InChI=1S/C13H18F3N3O/c1-12(2,20)7-19(3)8-4-5-9(11(17)18)10(6-8)13(14,15)16/h4-6,20H,7H2,1-3H3,(H3,17,18). The van der Waals surface area contributed by atoms with E-state index in [1.165, 1.54) is 17.0 Å². The normalized spacial score (nSPS) is 12.3. The predicted octanol–water partition coefficient (Wildman–Crippen LogP) is 2.20. The Morgan fingerprint density at radius 2 is 1.90 bits per heavy atom. The lowest BCUT2D eigenvalue weighted by atomic mass is 10.0. The van der Waals surface area contributed by atoms with Crippen molar-refractivity contribution in [3.8, 4) is 0 Å². The van der Waals surface area contributed by atoms with Gasteiger partial charge in [-0.2, -0.15) is 13.2 Å². The third kappa shape index (κ3) is 4.12. The summed E-state index contributed by atoms with van der Waals surface area (Å²) in [6.45, 7) is 3.31. The second kappa shape index (κ2) is 5.32. The first-order valence-corrected chi connectivity index (χ1v) is 5.91. The summed E-state index contributed by atoms with van der Waals surface area (Å²) in [5, 5.41) is 16.9. The molecule has 0 amide bonds. The maximum Gasteiger partial charge on any atom is 0.417 e. The fraction of sp³-hybridized carbons (Fsp3) is 0.462. The Hall–Kier alpha value is -1.76. The maximum atomic E-state index is 13.0. The molecule has 0 aliphatic heterocycles. The van der Waals surface area contributed by atoms with E-state index in [2.05, 4.69) is 0 Å². The quantitative estimate of drug-likeness (QED) is 0.587. The summed E-state index contributed by atoms with van der Waals surface area (Å²) >= 11 is 0. The number of anilines is 1. The molecule has 112 valence electrons. The van der Waals surface area contributed by atoms with Crippen molar-refractivity contribution in [1.82, 2.24) is 0 Å². The van der Waals surface area contributed by atoms with E-state index in [0.29, 0.717) is 5.69 Å². The Morgan fingerprint density at radius 3 is 2.30 bits per heavy atom. The molecule has 0 heterocycles. The molecule has 0 spiro atoms. The fourth-order valence-corrected chi connectivity index (χ4v) is 1.91. The summed E-state index contributed by atoms with van der Waals surface area (Å²) < 4.78 is 38.9. The van der Waals surface area contributed by atoms with Crippen LogP contribution in [0, 0.1) is 5.41 Å². The van der Waals surface area contributed by atoms with Crippen molar-refractivity contribution in [3.05, 3.63) is 29.3 Å². The minimum atomic E-state index is -4.59. The van der Waals surface area contributed by atoms with E-state index in [0.717, 1.165) is 6.07 Å². The molecule has 0 bridgehead atoms. The van der Waals surface area contributed by atoms with Gasteiger partial charge in [-0.05, 0) is 32.0 Å². The average Bonchev–Trinajstić information content (AvgIpc) is 2.24. The number of rotatable bonds is 4. The number of nitrogens with two attached hydrogens (primary N) is 1. The first-order chi connectivity index (χ1) is 8.92. The van der Waals surface area contributed by atoms with Gasteiger partial charge in [0.15, 0.2) is 0 Å².